The molecule has 1 aromatic rings. The number of carbonyl (C=O) groups is 1. The Morgan fingerprint density at radius 3 is 2.67 bits per heavy atom. The predicted octanol–water partition coefficient (Wildman–Crippen LogP) is 0.233. The molecule has 0 spiro atoms. The topological polar surface area (TPSA) is 67.2 Å². The number of rotatable bonds is 2. The fourth-order valence-corrected chi connectivity index (χ4v) is 1.04. The number of thiocarbonyl (C=S) groups is 1. The Bertz CT molecular complexity index is 383. The fourth-order valence-electron chi connectivity index (χ4n) is 0.990. The van der Waals surface area contributed by atoms with Crippen LogP contribution in [0.15, 0.2) is 24.3 Å². The quantitative estimate of drug-likeness (QED) is 0.500. The van der Waals surface area contributed by atoms with Crippen LogP contribution in [0.3, 0.4) is 0 Å². The second kappa shape index (κ2) is 5.26. The van der Waals surface area contributed by atoms with E-state index in [1.165, 1.54) is 12.1 Å². The van der Waals surface area contributed by atoms with Crippen molar-refractivity contribution in [3.8, 4) is 0 Å². The van der Waals surface area contributed by atoms with E-state index in [1.807, 2.05) is 0 Å². The molecule has 4 N–H and O–H groups in total. The van der Waals surface area contributed by atoms with Gasteiger partial charge in [0.25, 0.3) is 0 Å². The molecule has 1 aromatic carbocycles. The minimum absolute atomic E-state index is 0.0446. The molecule has 0 saturated carbocycles. The molecule has 0 bridgehead atoms. The minimum Gasteiger partial charge on any atom is -0.375 e. The SMILES string of the molecule is NC(=S)NNC(=O)Cc1ccccc1F. The van der Waals surface area contributed by atoms with Crippen molar-refractivity contribution < 1.29 is 9.18 Å². The van der Waals surface area contributed by atoms with Crippen LogP contribution in [0.1, 0.15) is 5.56 Å². The standard InChI is InChI=1S/C9H10FN3OS/c10-7-4-2-1-3-6(7)5-8(14)12-13-9(11)15/h1-4H,5H2,(H,12,14)(H3,11,13,15). The smallest absolute Gasteiger partial charge is 0.242 e. The highest BCUT2D eigenvalue weighted by Gasteiger charge is 2.06. The van der Waals surface area contributed by atoms with Crippen LogP contribution < -0.4 is 16.6 Å². The second-order valence-corrected chi connectivity index (χ2v) is 3.25. The van der Waals surface area contributed by atoms with Gasteiger partial charge in [0.15, 0.2) is 5.11 Å². The van der Waals surface area contributed by atoms with Gasteiger partial charge in [0, 0.05) is 0 Å². The molecular formula is C9H10FN3OS. The van der Waals surface area contributed by atoms with E-state index in [0.717, 1.165) is 0 Å². The highest BCUT2D eigenvalue weighted by atomic mass is 32.1. The number of hydrazine groups is 1. The van der Waals surface area contributed by atoms with E-state index in [4.69, 9.17) is 5.73 Å². The summed E-state index contributed by atoms with van der Waals surface area (Å²) in [5, 5.41) is -0.0446. The summed E-state index contributed by atoms with van der Waals surface area (Å²) in [6.07, 6.45) is -0.0672. The van der Waals surface area contributed by atoms with E-state index in [9.17, 15) is 9.18 Å². The van der Waals surface area contributed by atoms with Gasteiger partial charge in [-0.15, -0.1) is 0 Å². The molecule has 0 unspecified atom stereocenters. The van der Waals surface area contributed by atoms with Crippen molar-refractivity contribution in [3.63, 3.8) is 0 Å². The van der Waals surface area contributed by atoms with Crippen molar-refractivity contribution in [2.45, 2.75) is 6.42 Å². The van der Waals surface area contributed by atoms with E-state index in [-0.39, 0.29) is 11.5 Å². The summed E-state index contributed by atoms with van der Waals surface area (Å²) in [4.78, 5) is 11.2. The first kappa shape index (κ1) is 11.4. The van der Waals surface area contributed by atoms with Gasteiger partial charge < -0.3 is 5.73 Å². The van der Waals surface area contributed by atoms with Crippen LogP contribution in [0.25, 0.3) is 0 Å². The Morgan fingerprint density at radius 1 is 1.40 bits per heavy atom. The molecule has 0 aromatic heterocycles. The summed E-state index contributed by atoms with van der Waals surface area (Å²) in [5.74, 6) is -0.823. The molecule has 80 valence electrons. The molecule has 0 atom stereocenters. The maximum absolute atomic E-state index is 13.1. The summed E-state index contributed by atoms with van der Waals surface area (Å²) >= 11 is 4.48. The maximum atomic E-state index is 13.1. The second-order valence-electron chi connectivity index (χ2n) is 2.81. The van der Waals surface area contributed by atoms with Crippen molar-refractivity contribution in [2.75, 3.05) is 0 Å². The molecule has 0 fully saturated rings. The fraction of sp³-hybridized carbons (Fsp3) is 0.111. The van der Waals surface area contributed by atoms with Gasteiger partial charge in [-0.1, -0.05) is 18.2 Å². The van der Waals surface area contributed by atoms with Gasteiger partial charge >= 0.3 is 0 Å². The van der Waals surface area contributed by atoms with Crippen molar-refractivity contribution in [1.29, 1.82) is 0 Å². The van der Waals surface area contributed by atoms with Crippen molar-refractivity contribution in [3.05, 3.63) is 35.6 Å². The third-order valence-corrected chi connectivity index (χ3v) is 1.74. The number of nitrogens with one attached hydrogen (secondary N) is 2. The zero-order valence-corrected chi connectivity index (χ0v) is 8.60. The number of amides is 1. The lowest BCUT2D eigenvalue weighted by Gasteiger charge is -2.06. The Morgan fingerprint density at radius 2 is 2.07 bits per heavy atom. The largest absolute Gasteiger partial charge is 0.375 e. The first-order valence-corrected chi connectivity index (χ1v) is 4.58. The maximum Gasteiger partial charge on any atom is 0.242 e. The Hall–Kier alpha value is -1.69. The molecule has 1 rings (SSSR count). The molecule has 0 heterocycles. The van der Waals surface area contributed by atoms with Gasteiger partial charge in [-0.05, 0) is 23.8 Å². The van der Waals surface area contributed by atoms with Gasteiger partial charge in [-0.2, -0.15) is 0 Å². The van der Waals surface area contributed by atoms with Crippen molar-refractivity contribution >= 4 is 23.2 Å². The first-order valence-electron chi connectivity index (χ1n) is 4.17. The van der Waals surface area contributed by atoms with E-state index in [0.29, 0.717) is 5.56 Å². The number of nitrogens with two attached hydrogens (primary N) is 1. The average molecular weight is 227 g/mol. The third-order valence-electron chi connectivity index (χ3n) is 1.63. The lowest BCUT2D eigenvalue weighted by molar-refractivity contribution is -0.121. The lowest BCUT2D eigenvalue weighted by atomic mass is 10.1. The van der Waals surface area contributed by atoms with Gasteiger partial charge in [0.1, 0.15) is 5.82 Å². The zero-order valence-electron chi connectivity index (χ0n) is 7.79. The lowest BCUT2D eigenvalue weighted by Crippen LogP contribution is -2.45. The van der Waals surface area contributed by atoms with Crippen molar-refractivity contribution in [1.82, 2.24) is 10.9 Å². The Labute approximate surface area is 91.6 Å². The summed E-state index contributed by atoms with van der Waals surface area (Å²) in [6, 6.07) is 6.05. The minimum atomic E-state index is -0.414. The monoisotopic (exact) mass is 227 g/mol. The number of carbonyl (C=O) groups excluding carboxylic acids is 1. The number of hydrogen-bond donors (Lipinski definition) is 3. The summed E-state index contributed by atoms with van der Waals surface area (Å²) in [7, 11) is 0. The molecule has 4 nitrogen and oxygen atoms in total. The van der Waals surface area contributed by atoms with E-state index < -0.39 is 11.7 Å². The zero-order chi connectivity index (χ0) is 11.3. The van der Waals surface area contributed by atoms with Crippen LogP contribution in [-0.2, 0) is 11.2 Å². The van der Waals surface area contributed by atoms with Crippen molar-refractivity contribution in [2.24, 2.45) is 5.73 Å². The Balaban J connectivity index is 2.52. The van der Waals surface area contributed by atoms with Gasteiger partial charge in [-0.3, -0.25) is 15.6 Å². The molecular weight excluding hydrogens is 217 g/mol. The van der Waals surface area contributed by atoms with E-state index >= 15 is 0 Å². The number of halogens is 1. The van der Waals surface area contributed by atoms with Crippen LogP contribution in [0.5, 0.6) is 0 Å². The van der Waals surface area contributed by atoms with E-state index in [2.05, 4.69) is 23.1 Å². The molecule has 0 saturated heterocycles. The van der Waals surface area contributed by atoms with Crippen LogP contribution in [0, 0.1) is 5.82 Å². The molecule has 15 heavy (non-hydrogen) atoms. The molecule has 0 aliphatic rings. The molecule has 6 heteroatoms. The van der Waals surface area contributed by atoms with Gasteiger partial charge in [0.05, 0.1) is 6.42 Å². The average Bonchev–Trinajstić information content (AvgIpc) is 2.18. The summed E-state index contributed by atoms with van der Waals surface area (Å²) in [6.45, 7) is 0. The number of benzene rings is 1. The van der Waals surface area contributed by atoms with Crippen LogP contribution in [0.2, 0.25) is 0 Å². The Kier molecular flexibility index (Phi) is 3.99. The van der Waals surface area contributed by atoms with Crippen LogP contribution >= 0.6 is 12.2 Å². The van der Waals surface area contributed by atoms with Gasteiger partial charge in [0.2, 0.25) is 5.91 Å². The highest BCUT2D eigenvalue weighted by Crippen LogP contribution is 2.06. The van der Waals surface area contributed by atoms with Gasteiger partial charge in [-0.25, -0.2) is 4.39 Å². The third kappa shape index (κ3) is 3.90. The van der Waals surface area contributed by atoms with Crippen LogP contribution in [-0.4, -0.2) is 11.0 Å². The normalized spacial score (nSPS) is 9.40. The highest BCUT2D eigenvalue weighted by molar-refractivity contribution is 7.80. The number of hydrogen-bond acceptors (Lipinski definition) is 2. The molecule has 1 amide bonds. The van der Waals surface area contributed by atoms with Crippen LogP contribution in [0.4, 0.5) is 4.39 Å². The molecule has 0 radical (unpaired) electrons. The molecule has 0 aliphatic carbocycles. The summed E-state index contributed by atoms with van der Waals surface area (Å²) in [5.41, 5.74) is 9.92. The first-order chi connectivity index (χ1) is 7.09. The predicted molar refractivity (Wildman–Crippen MR) is 58.2 cm³/mol. The molecule has 0 aliphatic heterocycles. The van der Waals surface area contributed by atoms with E-state index in [1.54, 1.807) is 12.1 Å². The summed E-state index contributed by atoms with van der Waals surface area (Å²) < 4.78 is 13.1.